The SMILES string of the molecule is COc1cc(N2C(=O)NC(=O)/C(=C\c3cc(Cl)c(OCc4cccc(C)c4)c(OC)c3)C2=O)c(OC)cc1Cl. The van der Waals surface area contributed by atoms with Gasteiger partial charge in [-0.25, -0.2) is 9.69 Å². The second kappa shape index (κ2) is 11.7. The summed E-state index contributed by atoms with van der Waals surface area (Å²) in [6.07, 6.45) is 1.30. The molecular weight excluding hydrogens is 547 g/mol. The number of carbonyl (C=O) groups excluding carboxylic acids is 3. The van der Waals surface area contributed by atoms with Crippen LogP contribution in [-0.2, 0) is 16.2 Å². The Labute approximate surface area is 234 Å². The van der Waals surface area contributed by atoms with Gasteiger partial charge in [-0.15, -0.1) is 0 Å². The average molecular weight is 571 g/mol. The van der Waals surface area contributed by atoms with E-state index in [0.717, 1.165) is 16.0 Å². The molecule has 1 heterocycles. The van der Waals surface area contributed by atoms with Gasteiger partial charge in [0.2, 0.25) is 0 Å². The van der Waals surface area contributed by atoms with Gasteiger partial charge in [-0.2, -0.15) is 0 Å². The predicted molar refractivity (Wildman–Crippen MR) is 147 cm³/mol. The summed E-state index contributed by atoms with van der Waals surface area (Å²) in [5.41, 5.74) is 2.12. The van der Waals surface area contributed by atoms with Crippen LogP contribution in [0.3, 0.4) is 0 Å². The molecule has 3 aromatic carbocycles. The first kappa shape index (κ1) is 27.8. The van der Waals surface area contributed by atoms with Gasteiger partial charge in [-0.05, 0) is 36.3 Å². The van der Waals surface area contributed by atoms with Crippen LogP contribution in [0.1, 0.15) is 16.7 Å². The maximum Gasteiger partial charge on any atom is 0.336 e. The molecule has 202 valence electrons. The zero-order chi connectivity index (χ0) is 28.3. The number of nitrogens with one attached hydrogen (secondary N) is 1. The van der Waals surface area contributed by atoms with Gasteiger partial charge in [0.05, 0.1) is 37.1 Å². The molecule has 0 radical (unpaired) electrons. The van der Waals surface area contributed by atoms with E-state index >= 15 is 0 Å². The zero-order valence-corrected chi connectivity index (χ0v) is 23.0. The number of halogens is 2. The summed E-state index contributed by atoms with van der Waals surface area (Å²) >= 11 is 12.7. The minimum atomic E-state index is -0.958. The van der Waals surface area contributed by atoms with Crippen molar-refractivity contribution in [1.82, 2.24) is 5.32 Å². The first-order valence-electron chi connectivity index (χ1n) is 11.6. The molecule has 0 spiro atoms. The van der Waals surface area contributed by atoms with Gasteiger partial charge in [0.25, 0.3) is 11.8 Å². The summed E-state index contributed by atoms with van der Waals surface area (Å²) in [6.45, 7) is 2.23. The van der Waals surface area contributed by atoms with E-state index in [1.54, 1.807) is 6.07 Å². The van der Waals surface area contributed by atoms with E-state index in [1.165, 1.54) is 45.6 Å². The molecule has 1 saturated heterocycles. The van der Waals surface area contributed by atoms with E-state index in [4.69, 9.17) is 42.1 Å². The summed E-state index contributed by atoms with van der Waals surface area (Å²) in [5.74, 6) is -0.844. The van der Waals surface area contributed by atoms with Crippen molar-refractivity contribution >= 4 is 52.8 Å². The fraction of sp³-hybridized carbons (Fsp3) is 0.179. The van der Waals surface area contributed by atoms with Gasteiger partial charge >= 0.3 is 6.03 Å². The zero-order valence-electron chi connectivity index (χ0n) is 21.5. The van der Waals surface area contributed by atoms with E-state index in [2.05, 4.69) is 5.32 Å². The highest BCUT2D eigenvalue weighted by atomic mass is 35.5. The number of rotatable bonds is 8. The molecule has 0 atom stereocenters. The number of imide groups is 2. The van der Waals surface area contributed by atoms with E-state index in [0.29, 0.717) is 17.1 Å². The van der Waals surface area contributed by atoms with Gasteiger partial charge < -0.3 is 18.9 Å². The molecule has 0 bridgehead atoms. The van der Waals surface area contributed by atoms with Crippen LogP contribution in [0.15, 0.2) is 54.1 Å². The number of ether oxygens (including phenoxy) is 4. The van der Waals surface area contributed by atoms with Gasteiger partial charge in [-0.1, -0.05) is 53.0 Å². The highest BCUT2D eigenvalue weighted by Gasteiger charge is 2.38. The lowest BCUT2D eigenvalue weighted by Gasteiger charge is -2.28. The van der Waals surface area contributed by atoms with Gasteiger partial charge in [0, 0.05) is 12.1 Å². The molecule has 1 aliphatic rings. The molecule has 1 N–H and O–H groups in total. The quantitative estimate of drug-likeness (QED) is 0.279. The first-order chi connectivity index (χ1) is 18.7. The monoisotopic (exact) mass is 570 g/mol. The fourth-order valence-corrected chi connectivity index (χ4v) is 4.49. The lowest BCUT2D eigenvalue weighted by Crippen LogP contribution is -2.54. The molecule has 0 aromatic heterocycles. The molecule has 11 heteroatoms. The molecule has 3 aromatic rings. The van der Waals surface area contributed by atoms with E-state index < -0.39 is 17.8 Å². The average Bonchev–Trinajstić information content (AvgIpc) is 2.90. The van der Waals surface area contributed by atoms with Crippen molar-refractivity contribution in [2.75, 3.05) is 26.2 Å². The molecule has 0 aliphatic carbocycles. The van der Waals surface area contributed by atoms with Crippen molar-refractivity contribution < 1.29 is 33.3 Å². The number of hydrogen-bond acceptors (Lipinski definition) is 7. The van der Waals surface area contributed by atoms with Crippen LogP contribution in [0.4, 0.5) is 10.5 Å². The van der Waals surface area contributed by atoms with Crippen molar-refractivity contribution in [3.63, 3.8) is 0 Å². The van der Waals surface area contributed by atoms with Crippen LogP contribution in [0.5, 0.6) is 23.0 Å². The van der Waals surface area contributed by atoms with Crippen LogP contribution in [-0.4, -0.2) is 39.2 Å². The maximum absolute atomic E-state index is 13.5. The molecule has 0 unspecified atom stereocenters. The van der Waals surface area contributed by atoms with Gasteiger partial charge in [-0.3, -0.25) is 14.9 Å². The Bertz CT molecular complexity index is 1500. The standard InChI is InChI=1S/C28H24Cl2N2O7/c1-15-6-5-7-16(8-15)14-39-25-20(30)10-17(11-24(25)38-4)9-18-26(33)31-28(35)32(27(18)34)21-13-22(36-2)19(29)12-23(21)37-3/h5-13H,14H2,1-4H3,(H,31,33,35)/b18-9+. The Morgan fingerprint density at radius 3 is 2.26 bits per heavy atom. The second-order valence-corrected chi connectivity index (χ2v) is 9.24. The minimum Gasteiger partial charge on any atom is -0.495 e. The fourth-order valence-electron chi connectivity index (χ4n) is 3.98. The molecule has 0 saturated carbocycles. The number of benzene rings is 3. The van der Waals surface area contributed by atoms with Crippen molar-refractivity contribution in [1.29, 1.82) is 0 Å². The summed E-state index contributed by atoms with van der Waals surface area (Å²) in [4.78, 5) is 39.7. The number of anilines is 1. The first-order valence-corrected chi connectivity index (χ1v) is 12.3. The van der Waals surface area contributed by atoms with Crippen LogP contribution in [0, 0.1) is 6.92 Å². The number of aryl methyl sites for hydroxylation is 1. The number of carbonyl (C=O) groups is 3. The summed E-state index contributed by atoms with van der Waals surface area (Å²) in [5, 5.41) is 2.58. The Morgan fingerprint density at radius 2 is 1.59 bits per heavy atom. The number of nitrogens with zero attached hydrogens (tertiary/aromatic N) is 1. The number of methoxy groups -OCH3 is 3. The number of hydrogen-bond donors (Lipinski definition) is 1. The Morgan fingerprint density at radius 1 is 0.872 bits per heavy atom. The Hall–Kier alpha value is -4.21. The number of amides is 4. The van der Waals surface area contributed by atoms with Gasteiger partial charge in [0.15, 0.2) is 11.5 Å². The molecule has 1 aliphatic heterocycles. The Kier molecular flexibility index (Phi) is 8.32. The lowest BCUT2D eigenvalue weighted by atomic mass is 10.1. The van der Waals surface area contributed by atoms with Crippen molar-refractivity contribution in [2.24, 2.45) is 0 Å². The number of urea groups is 1. The summed E-state index contributed by atoms with van der Waals surface area (Å²) in [6, 6.07) is 12.7. The topological polar surface area (TPSA) is 103 Å². The van der Waals surface area contributed by atoms with E-state index in [9.17, 15) is 14.4 Å². The molecule has 9 nitrogen and oxygen atoms in total. The van der Waals surface area contributed by atoms with Crippen molar-refractivity contribution in [3.8, 4) is 23.0 Å². The number of barbiturate groups is 1. The van der Waals surface area contributed by atoms with Crippen LogP contribution in [0.25, 0.3) is 6.08 Å². The molecule has 39 heavy (non-hydrogen) atoms. The predicted octanol–water partition coefficient (Wildman–Crippen LogP) is 5.57. The maximum atomic E-state index is 13.5. The minimum absolute atomic E-state index is 0.0372. The third-order valence-electron chi connectivity index (χ3n) is 5.82. The van der Waals surface area contributed by atoms with Crippen LogP contribution < -0.4 is 29.2 Å². The molecule has 4 rings (SSSR count). The van der Waals surface area contributed by atoms with E-state index in [1.807, 2.05) is 31.2 Å². The third kappa shape index (κ3) is 5.79. The molecule has 1 fully saturated rings. The Balaban J connectivity index is 1.69. The summed E-state index contributed by atoms with van der Waals surface area (Å²) < 4.78 is 21.9. The van der Waals surface area contributed by atoms with Gasteiger partial charge in [0.1, 0.15) is 23.7 Å². The largest absolute Gasteiger partial charge is 0.495 e. The highest BCUT2D eigenvalue weighted by molar-refractivity contribution is 6.40. The summed E-state index contributed by atoms with van der Waals surface area (Å²) in [7, 11) is 4.18. The van der Waals surface area contributed by atoms with Crippen molar-refractivity contribution in [3.05, 3.63) is 80.8 Å². The third-order valence-corrected chi connectivity index (χ3v) is 6.40. The molecule has 4 amide bonds. The highest BCUT2D eigenvalue weighted by Crippen LogP contribution is 2.40. The normalized spacial score (nSPS) is 14.4. The second-order valence-electron chi connectivity index (χ2n) is 8.43. The van der Waals surface area contributed by atoms with Crippen LogP contribution >= 0.6 is 23.2 Å². The lowest BCUT2D eigenvalue weighted by molar-refractivity contribution is -0.122. The van der Waals surface area contributed by atoms with Crippen LogP contribution in [0.2, 0.25) is 10.0 Å². The van der Waals surface area contributed by atoms with E-state index in [-0.39, 0.29) is 39.4 Å². The van der Waals surface area contributed by atoms with Crippen molar-refractivity contribution in [2.45, 2.75) is 13.5 Å². The molecular formula is C28H24Cl2N2O7. The smallest absolute Gasteiger partial charge is 0.336 e.